The van der Waals surface area contributed by atoms with Crippen molar-refractivity contribution in [2.24, 2.45) is 0 Å². The Kier molecular flexibility index (Phi) is 5.43. The van der Waals surface area contributed by atoms with Crippen LogP contribution in [-0.2, 0) is 0 Å². The normalized spacial score (nSPS) is 14.7. The molecule has 1 aromatic carbocycles. The molecule has 1 N–H and O–H groups in total. The van der Waals surface area contributed by atoms with E-state index >= 15 is 0 Å². The largest absolute Gasteiger partial charge is 0.415 e. The molecule has 1 aliphatic heterocycles. The Bertz CT molecular complexity index is 1060. The molecule has 9 heteroatoms. The van der Waals surface area contributed by atoms with E-state index in [1.165, 1.54) is 12.1 Å². The number of ether oxygens (including phenoxy) is 1. The number of benzene rings is 1. The first-order chi connectivity index (χ1) is 14.4. The molecule has 0 aliphatic carbocycles. The third kappa shape index (κ3) is 4.29. The third-order valence-corrected chi connectivity index (χ3v) is 5.14. The molecule has 0 spiro atoms. The number of aryl methyl sites for hydroxylation is 2. The summed E-state index contributed by atoms with van der Waals surface area (Å²) in [6.07, 6.45) is 0.939. The summed E-state index contributed by atoms with van der Waals surface area (Å²) >= 11 is 0. The van der Waals surface area contributed by atoms with Crippen LogP contribution in [0.1, 0.15) is 36.0 Å². The summed E-state index contributed by atoms with van der Waals surface area (Å²) in [6.45, 7) is 4.69. The van der Waals surface area contributed by atoms with Gasteiger partial charge in [-0.05, 0) is 51.0 Å². The molecule has 0 unspecified atom stereocenters. The van der Waals surface area contributed by atoms with Gasteiger partial charge in [0, 0.05) is 36.3 Å². The van der Waals surface area contributed by atoms with Crippen molar-refractivity contribution >= 4 is 6.09 Å². The van der Waals surface area contributed by atoms with Crippen molar-refractivity contribution in [2.75, 3.05) is 13.1 Å². The van der Waals surface area contributed by atoms with Crippen LogP contribution in [0.3, 0.4) is 0 Å². The molecule has 1 saturated heterocycles. The van der Waals surface area contributed by atoms with Crippen LogP contribution in [0.2, 0.25) is 0 Å². The number of H-pyrrole nitrogens is 1. The van der Waals surface area contributed by atoms with Gasteiger partial charge >= 0.3 is 6.09 Å². The molecular weight excluding hydrogens is 392 g/mol. The van der Waals surface area contributed by atoms with E-state index in [2.05, 4.69) is 20.2 Å². The van der Waals surface area contributed by atoms with Crippen molar-refractivity contribution in [1.29, 1.82) is 0 Å². The lowest BCUT2D eigenvalue weighted by Gasteiger charge is -2.30. The molecular formula is C21H21F2N5O2. The zero-order valence-electron chi connectivity index (χ0n) is 16.7. The van der Waals surface area contributed by atoms with Gasteiger partial charge in [-0.3, -0.25) is 10.1 Å². The van der Waals surface area contributed by atoms with Crippen molar-refractivity contribution in [2.45, 2.75) is 32.6 Å². The van der Waals surface area contributed by atoms with E-state index in [0.717, 1.165) is 11.8 Å². The number of halogens is 2. The monoisotopic (exact) mass is 413 g/mol. The van der Waals surface area contributed by atoms with E-state index in [9.17, 15) is 13.6 Å². The maximum Gasteiger partial charge on any atom is 0.415 e. The fraction of sp³-hybridized carbons (Fsp3) is 0.333. The maximum absolute atomic E-state index is 13.4. The molecule has 1 amide bonds. The van der Waals surface area contributed by atoms with Crippen LogP contribution < -0.4 is 4.74 Å². The quantitative estimate of drug-likeness (QED) is 0.698. The van der Waals surface area contributed by atoms with Gasteiger partial charge in [-0.15, -0.1) is 0 Å². The minimum absolute atomic E-state index is 0.0662. The summed E-state index contributed by atoms with van der Waals surface area (Å²) in [4.78, 5) is 22.8. The van der Waals surface area contributed by atoms with Crippen LogP contribution >= 0.6 is 0 Å². The SMILES string of the molecule is Cc1ccc(OC(=O)N2CCC(c3nc(-c4cc(F)cc(F)c4)n[nH]3)CC2)c(C)n1. The highest BCUT2D eigenvalue weighted by molar-refractivity contribution is 5.71. The summed E-state index contributed by atoms with van der Waals surface area (Å²) in [6, 6.07) is 6.73. The fourth-order valence-electron chi connectivity index (χ4n) is 3.54. The van der Waals surface area contributed by atoms with Gasteiger partial charge in [0.15, 0.2) is 11.6 Å². The molecule has 30 heavy (non-hydrogen) atoms. The number of nitrogens with one attached hydrogen (secondary N) is 1. The number of likely N-dealkylation sites (tertiary alicyclic amines) is 1. The van der Waals surface area contributed by atoms with E-state index in [0.29, 0.717) is 43.2 Å². The molecule has 0 radical (unpaired) electrons. The van der Waals surface area contributed by atoms with Gasteiger partial charge in [-0.2, -0.15) is 5.10 Å². The van der Waals surface area contributed by atoms with Crippen LogP contribution in [0.25, 0.3) is 11.4 Å². The molecule has 1 fully saturated rings. The van der Waals surface area contributed by atoms with Gasteiger partial charge < -0.3 is 9.64 Å². The Balaban J connectivity index is 1.37. The summed E-state index contributed by atoms with van der Waals surface area (Å²) < 4.78 is 32.4. The van der Waals surface area contributed by atoms with Crippen LogP contribution in [0.5, 0.6) is 5.75 Å². The number of hydrogen-bond acceptors (Lipinski definition) is 5. The van der Waals surface area contributed by atoms with Gasteiger partial charge in [0.25, 0.3) is 0 Å². The first-order valence-corrected chi connectivity index (χ1v) is 9.69. The highest BCUT2D eigenvalue weighted by Gasteiger charge is 2.27. The van der Waals surface area contributed by atoms with Crippen molar-refractivity contribution in [3.8, 4) is 17.1 Å². The number of amides is 1. The van der Waals surface area contributed by atoms with Crippen LogP contribution in [0.4, 0.5) is 13.6 Å². The number of carbonyl (C=O) groups excluding carboxylic acids is 1. The lowest BCUT2D eigenvalue weighted by atomic mass is 9.96. The Morgan fingerprint density at radius 3 is 2.47 bits per heavy atom. The molecule has 4 rings (SSSR count). The molecule has 2 aromatic heterocycles. The highest BCUT2D eigenvalue weighted by atomic mass is 19.1. The van der Waals surface area contributed by atoms with E-state index < -0.39 is 17.7 Å². The molecule has 0 atom stereocenters. The second-order valence-corrected chi connectivity index (χ2v) is 7.37. The topological polar surface area (TPSA) is 84.0 Å². The lowest BCUT2D eigenvalue weighted by molar-refractivity contribution is 0.137. The van der Waals surface area contributed by atoms with Gasteiger partial charge in [-0.25, -0.2) is 18.6 Å². The standard InChI is InChI=1S/C21H21F2N5O2/c1-12-3-4-18(13(2)24-12)30-21(29)28-7-5-14(6-8-28)19-25-20(27-26-19)15-9-16(22)11-17(23)10-15/h3-4,9-11,14H,5-8H2,1-2H3,(H,25,26,27). The smallest absolute Gasteiger partial charge is 0.408 e. The van der Waals surface area contributed by atoms with Gasteiger partial charge in [-0.1, -0.05) is 0 Å². The number of aromatic amines is 1. The minimum atomic E-state index is -0.679. The summed E-state index contributed by atoms with van der Waals surface area (Å²) in [5.41, 5.74) is 1.81. The Hall–Kier alpha value is -3.36. The molecule has 3 aromatic rings. The number of carbonyl (C=O) groups is 1. The van der Waals surface area contributed by atoms with Crippen molar-refractivity contribution in [1.82, 2.24) is 25.1 Å². The van der Waals surface area contributed by atoms with Crippen molar-refractivity contribution in [3.63, 3.8) is 0 Å². The maximum atomic E-state index is 13.4. The number of rotatable bonds is 3. The Labute approximate surface area is 172 Å². The average molecular weight is 413 g/mol. The molecule has 3 heterocycles. The predicted octanol–water partition coefficient (Wildman–Crippen LogP) is 4.14. The van der Waals surface area contributed by atoms with E-state index in [-0.39, 0.29) is 17.3 Å². The van der Waals surface area contributed by atoms with E-state index in [1.807, 2.05) is 6.92 Å². The van der Waals surface area contributed by atoms with Crippen LogP contribution in [-0.4, -0.2) is 44.2 Å². The molecule has 0 bridgehead atoms. The summed E-state index contributed by atoms with van der Waals surface area (Å²) in [5.74, 6) is 0.0460. The third-order valence-electron chi connectivity index (χ3n) is 5.14. The Morgan fingerprint density at radius 2 is 1.80 bits per heavy atom. The van der Waals surface area contributed by atoms with Crippen LogP contribution in [0, 0.1) is 25.5 Å². The second kappa shape index (κ2) is 8.17. The first-order valence-electron chi connectivity index (χ1n) is 9.69. The second-order valence-electron chi connectivity index (χ2n) is 7.37. The molecule has 7 nitrogen and oxygen atoms in total. The molecule has 0 saturated carbocycles. The number of hydrogen-bond donors (Lipinski definition) is 1. The van der Waals surface area contributed by atoms with Crippen LogP contribution in [0.15, 0.2) is 30.3 Å². The highest BCUT2D eigenvalue weighted by Crippen LogP contribution is 2.28. The average Bonchev–Trinajstić information content (AvgIpc) is 3.20. The van der Waals surface area contributed by atoms with Gasteiger partial charge in [0.1, 0.15) is 17.5 Å². The zero-order valence-corrected chi connectivity index (χ0v) is 16.7. The van der Waals surface area contributed by atoms with Gasteiger partial charge in [0.05, 0.1) is 5.69 Å². The number of nitrogens with zero attached hydrogens (tertiary/aromatic N) is 4. The number of aromatic nitrogens is 4. The predicted molar refractivity (Wildman–Crippen MR) is 105 cm³/mol. The summed E-state index contributed by atoms with van der Waals surface area (Å²) in [5, 5.41) is 6.95. The fourth-order valence-corrected chi connectivity index (χ4v) is 3.54. The number of piperidine rings is 1. The zero-order chi connectivity index (χ0) is 21.3. The minimum Gasteiger partial charge on any atom is -0.408 e. The van der Waals surface area contributed by atoms with E-state index in [4.69, 9.17) is 4.74 Å². The van der Waals surface area contributed by atoms with Crippen molar-refractivity contribution in [3.05, 3.63) is 59.2 Å². The summed E-state index contributed by atoms with van der Waals surface area (Å²) in [7, 11) is 0. The molecule has 156 valence electrons. The van der Waals surface area contributed by atoms with Crippen molar-refractivity contribution < 1.29 is 18.3 Å². The van der Waals surface area contributed by atoms with E-state index in [1.54, 1.807) is 24.0 Å². The number of pyridine rings is 1. The Morgan fingerprint density at radius 1 is 1.10 bits per heavy atom. The van der Waals surface area contributed by atoms with Gasteiger partial charge in [0.2, 0.25) is 0 Å². The first kappa shape index (κ1) is 19.9. The molecule has 1 aliphatic rings. The lowest BCUT2D eigenvalue weighted by Crippen LogP contribution is -2.39.